The Balaban J connectivity index is 1.83. The first kappa shape index (κ1) is 12.8. The van der Waals surface area contributed by atoms with E-state index in [1.54, 1.807) is 0 Å². The number of hydrogen-bond donors (Lipinski definition) is 0. The van der Waals surface area contributed by atoms with Crippen LogP contribution in [-0.2, 0) is 14.1 Å². The van der Waals surface area contributed by atoms with Crippen LogP contribution in [0.4, 0.5) is 0 Å². The molecule has 22 heavy (non-hydrogen) atoms. The van der Waals surface area contributed by atoms with Crippen LogP contribution in [0.25, 0.3) is 28.3 Å². The number of imidazole rings is 2. The van der Waals surface area contributed by atoms with E-state index in [2.05, 4.69) is 70.0 Å². The van der Waals surface area contributed by atoms with Gasteiger partial charge in [0.15, 0.2) is 6.20 Å². The lowest BCUT2D eigenvalue weighted by molar-refractivity contribution is -0.660. The average Bonchev–Trinajstić information content (AvgIpc) is 3.12. The number of nitrogens with zero attached hydrogens (tertiary/aromatic N) is 4. The van der Waals surface area contributed by atoms with Crippen LogP contribution in [-0.4, -0.2) is 14.0 Å². The van der Waals surface area contributed by atoms with Gasteiger partial charge < -0.3 is 4.57 Å². The van der Waals surface area contributed by atoms with E-state index in [-0.39, 0.29) is 0 Å². The molecular formula is C18H17N4+. The minimum absolute atomic E-state index is 0.946. The number of hydrogen-bond acceptors (Lipinski definition) is 1. The van der Waals surface area contributed by atoms with Crippen LogP contribution in [0.15, 0.2) is 67.3 Å². The van der Waals surface area contributed by atoms with Crippen molar-refractivity contribution in [2.45, 2.75) is 0 Å². The summed E-state index contributed by atoms with van der Waals surface area (Å²) in [4.78, 5) is 4.38. The zero-order valence-electron chi connectivity index (χ0n) is 12.6. The maximum atomic E-state index is 4.38. The number of aromatic nitrogens is 4. The van der Waals surface area contributed by atoms with Crippen molar-refractivity contribution in [2.75, 3.05) is 0 Å². The molecule has 0 atom stereocenters. The highest BCUT2D eigenvalue weighted by Crippen LogP contribution is 2.22. The van der Waals surface area contributed by atoms with Gasteiger partial charge in [-0.05, 0) is 11.6 Å². The second-order valence-electron chi connectivity index (χ2n) is 5.49. The Morgan fingerprint density at radius 1 is 1.00 bits per heavy atom. The lowest BCUT2D eigenvalue weighted by Crippen LogP contribution is -2.31. The van der Waals surface area contributed by atoms with E-state index in [1.807, 2.05) is 29.9 Å². The fraction of sp³-hybridized carbons (Fsp3) is 0.111. The first-order valence-corrected chi connectivity index (χ1v) is 7.28. The Morgan fingerprint density at radius 2 is 1.82 bits per heavy atom. The van der Waals surface area contributed by atoms with Gasteiger partial charge >= 0.3 is 0 Å². The van der Waals surface area contributed by atoms with E-state index < -0.39 is 0 Å². The Labute approximate surface area is 128 Å². The van der Waals surface area contributed by atoms with Crippen molar-refractivity contribution in [3.63, 3.8) is 0 Å². The molecule has 3 aromatic heterocycles. The summed E-state index contributed by atoms with van der Waals surface area (Å²) in [5, 5.41) is 0. The SMILES string of the molecule is Cn1c(-c2ccc(-c3ccccc3)c[n+]2C)cn2ccnc12. The molecule has 0 saturated heterocycles. The molecule has 0 amide bonds. The molecule has 0 unspecified atom stereocenters. The van der Waals surface area contributed by atoms with Gasteiger partial charge in [-0.25, -0.2) is 4.98 Å². The van der Waals surface area contributed by atoms with Crippen LogP contribution in [0.3, 0.4) is 0 Å². The second-order valence-corrected chi connectivity index (χ2v) is 5.49. The van der Waals surface area contributed by atoms with Crippen molar-refractivity contribution in [2.24, 2.45) is 14.1 Å². The number of pyridine rings is 1. The minimum atomic E-state index is 0.946. The Kier molecular flexibility index (Phi) is 2.82. The van der Waals surface area contributed by atoms with Crippen LogP contribution in [0.1, 0.15) is 0 Å². The molecule has 1 aromatic carbocycles. The van der Waals surface area contributed by atoms with Crippen molar-refractivity contribution in [1.29, 1.82) is 0 Å². The maximum Gasteiger partial charge on any atom is 0.230 e. The van der Waals surface area contributed by atoms with Crippen LogP contribution in [0.2, 0.25) is 0 Å². The van der Waals surface area contributed by atoms with Gasteiger partial charge in [0.2, 0.25) is 11.5 Å². The highest BCUT2D eigenvalue weighted by atomic mass is 15.2. The Bertz CT molecular complexity index is 948. The van der Waals surface area contributed by atoms with Gasteiger partial charge in [-0.1, -0.05) is 30.3 Å². The van der Waals surface area contributed by atoms with Gasteiger partial charge in [0.1, 0.15) is 12.7 Å². The largest absolute Gasteiger partial charge is 0.308 e. The molecule has 3 heterocycles. The monoisotopic (exact) mass is 289 g/mol. The third-order valence-electron chi connectivity index (χ3n) is 4.07. The first-order valence-electron chi connectivity index (χ1n) is 7.28. The van der Waals surface area contributed by atoms with Crippen LogP contribution >= 0.6 is 0 Å². The molecule has 0 fully saturated rings. The van der Waals surface area contributed by atoms with Crippen molar-refractivity contribution in [1.82, 2.24) is 14.0 Å². The maximum absolute atomic E-state index is 4.38. The summed E-state index contributed by atoms with van der Waals surface area (Å²) in [6, 6.07) is 14.8. The van der Waals surface area contributed by atoms with Gasteiger partial charge in [0, 0.05) is 37.3 Å². The molecule has 0 N–H and O–H groups in total. The molecule has 108 valence electrons. The topological polar surface area (TPSA) is 26.1 Å². The molecule has 0 spiro atoms. The molecule has 0 aliphatic carbocycles. The smallest absolute Gasteiger partial charge is 0.230 e. The Hall–Kier alpha value is -2.88. The quantitative estimate of drug-likeness (QED) is 0.521. The summed E-state index contributed by atoms with van der Waals surface area (Å²) in [7, 11) is 4.13. The van der Waals surface area contributed by atoms with Crippen molar-refractivity contribution < 1.29 is 4.57 Å². The van der Waals surface area contributed by atoms with Crippen molar-refractivity contribution in [3.05, 3.63) is 67.3 Å². The summed E-state index contributed by atoms with van der Waals surface area (Å²) < 4.78 is 6.31. The molecule has 0 bridgehead atoms. The lowest BCUT2D eigenvalue weighted by Gasteiger charge is -2.04. The molecular weight excluding hydrogens is 272 g/mol. The third kappa shape index (κ3) is 1.92. The fourth-order valence-electron chi connectivity index (χ4n) is 2.90. The molecule has 0 aliphatic heterocycles. The number of aryl methyl sites for hydroxylation is 2. The molecule has 4 aromatic rings. The van der Waals surface area contributed by atoms with Crippen LogP contribution in [0, 0.1) is 0 Å². The summed E-state index contributed by atoms with van der Waals surface area (Å²) in [6.07, 6.45) is 8.06. The number of fused-ring (bicyclic) bond motifs is 1. The zero-order valence-corrected chi connectivity index (χ0v) is 12.6. The molecule has 0 radical (unpaired) electrons. The van der Waals surface area contributed by atoms with Gasteiger partial charge in [-0.2, -0.15) is 4.57 Å². The van der Waals surface area contributed by atoms with Gasteiger partial charge in [0.05, 0.1) is 0 Å². The fourth-order valence-corrected chi connectivity index (χ4v) is 2.90. The molecule has 4 rings (SSSR count). The van der Waals surface area contributed by atoms with Crippen LogP contribution in [0.5, 0.6) is 0 Å². The molecule has 0 saturated carbocycles. The highest BCUT2D eigenvalue weighted by molar-refractivity contribution is 5.64. The van der Waals surface area contributed by atoms with E-state index in [4.69, 9.17) is 0 Å². The first-order chi connectivity index (χ1) is 10.7. The Morgan fingerprint density at radius 3 is 2.55 bits per heavy atom. The average molecular weight is 289 g/mol. The van der Waals surface area contributed by atoms with Gasteiger partial charge in [0.25, 0.3) is 0 Å². The van der Waals surface area contributed by atoms with Gasteiger partial charge in [-0.3, -0.25) is 4.40 Å². The van der Waals surface area contributed by atoms with E-state index in [9.17, 15) is 0 Å². The van der Waals surface area contributed by atoms with E-state index in [0.29, 0.717) is 0 Å². The van der Waals surface area contributed by atoms with Gasteiger partial charge in [-0.15, -0.1) is 0 Å². The molecule has 4 nitrogen and oxygen atoms in total. The summed E-state index contributed by atoms with van der Waals surface area (Å²) >= 11 is 0. The number of rotatable bonds is 2. The van der Waals surface area contributed by atoms with E-state index in [0.717, 1.165) is 17.2 Å². The molecule has 4 heteroatoms. The van der Waals surface area contributed by atoms with E-state index in [1.165, 1.54) is 11.1 Å². The summed E-state index contributed by atoms with van der Waals surface area (Å²) in [6.45, 7) is 0. The second kappa shape index (κ2) is 4.84. The normalized spacial score (nSPS) is 11.2. The summed E-state index contributed by atoms with van der Waals surface area (Å²) in [5.41, 5.74) is 4.75. The van der Waals surface area contributed by atoms with E-state index >= 15 is 0 Å². The lowest BCUT2D eigenvalue weighted by atomic mass is 10.1. The predicted octanol–water partition coefficient (Wildman–Crippen LogP) is 2.83. The third-order valence-corrected chi connectivity index (χ3v) is 4.07. The minimum Gasteiger partial charge on any atom is -0.308 e. The standard InChI is InChI=1S/C18H17N4/c1-20-12-15(14-6-4-3-5-7-14)8-9-16(20)17-13-22-11-10-19-18(22)21(17)2/h3-13H,1-2H3/q+1. The summed E-state index contributed by atoms with van der Waals surface area (Å²) in [5.74, 6) is 0.946. The molecule has 0 aliphatic rings. The van der Waals surface area contributed by atoms with Crippen molar-refractivity contribution >= 4 is 5.78 Å². The zero-order chi connectivity index (χ0) is 15.1. The number of benzene rings is 1. The predicted molar refractivity (Wildman–Crippen MR) is 86.2 cm³/mol. The van der Waals surface area contributed by atoms with Crippen molar-refractivity contribution in [3.8, 4) is 22.5 Å². The highest BCUT2D eigenvalue weighted by Gasteiger charge is 2.17. The van der Waals surface area contributed by atoms with Crippen LogP contribution < -0.4 is 4.57 Å².